The molecule has 1 aliphatic carbocycles. The summed E-state index contributed by atoms with van der Waals surface area (Å²) < 4.78 is 0.999. The van der Waals surface area contributed by atoms with E-state index in [4.69, 9.17) is 11.6 Å². The third-order valence-corrected chi connectivity index (χ3v) is 6.20. The van der Waals surface area contributed by atoms with Crippen molar-refractivity contribution in [1.82, 2.24) is 9.97 Å². The minimum atomic E-state index is 0.396. The molecule has 1 heterocycles. The zero-order chi connectivity index (χ0) is 13.1. The first-order valence-electron chi connectivity index (χ1n) is 6.41. The largest absolute Gasteiger partial charge is 0.236 e. The number of nitrogens with zero attached hydrogens (tertiary/aromatic N) is 2. The fourth-order valence-corrected chi connectivity index (χ4v) is 4.41. The summed E-state index contributed by atoms with van der Waals surface area (Å²) in [5.41, 5.74) is 1.08. The molecule has 2 rings (SSSR count). The summed E-state index contributed by atoms with van der Waals surface area (Å²) in [5.74, 6) is 2.18. The van der Waals surface area contributed by atoms with Crippen molar-refractivity contribution in [2.45, 2.75) is 56.5 Å². The van der Waals surface area contributed by atoms with E-state index in [-0.39, 0.29) is 0 Å². The Labute approximate surface area is 132 Å². The van der Waals surface area contributed by atoms with Crippen LogP contribution in [0.3, 0.4) is 0 Å². The van der Waals surface area contributed by atoms with Gasteiger partial charge in [-0.15, -0.1) is 0 Å². The van der Waals surface area contributed by atoms with Crippen LogP contribution >= 0.6 is 46.0 Å². The fraction of sp³-hybridized carbons (Fsp3) is 0.692. The first kappa shape index (κ1) is 14.9. The zero-order valence-electron chi connectivity index (χ0n) is 10.7. The summed E-state index contributed by atoms with van der Waals surface area (Å²) in [6.07, 6.45) is 5.45. The Kier molecular flexibility index (Phi) is 5.57. The maximum atomic E-state index is 6.19. The predicted molar refractivity (Wildman–Crippen MR) is 87.4 cm³/mol. The molecular formula is C13H18ClIN2S. The van der Waals surface area contributed by atoms with Crippen molar-refractivity contribution in [2.75, 3.05) is 0 Å². The number of hydrogen-bond donors (Lipinski definition) is 0. The third-order valence-electron chi connectivity index (χ3n) is 3.18. The van der Waals surface area contributed by atoms with Gasteiger partial charge in [0.25, 0.3) is 0 Å². The quantitative estimate of drug-likeness (QED) is 0.527. The molecular weight excluding hydrogens is 379 g/mol. The van der Waals surface area contributed by atoms with Crippen molar-refractivity contribution >= 4 is 46.0 Å². The van der Waals surface area contributed by atoms with Gasteiger partial charge in [0.2, 0.25) is 0 Å². The van der Waals surface area contributed by atoms with Crippen LogP contribution in [0.1, 0.15) is 57.0 Å². The molecule has 1 saturated carbocycles. The number of rotatable bonds is 4. The van der Waals surface area contributed by atoms with Crippen LogP contribution in [0, 0.1) is 3.57 Å². The van der Waals surface area contributed by atoms with Gasteiger partial charge in [-0.2, -0.15) is 11.8 Å². The second kappa shape index (κ2) is 6.75. The van der Waals surface area contributed by atoms with E-state index in [2.05, 4.69) is 46.4 Å². The van der Waals surface area contributed by atoms with Crippen LogP contribution in [0.4, 0.5) is 0 Å². The molecule has 0 amide bonds. The number of thioether (sulfide) groups is 1. The Morgan fingerprint density at radius 1 is 1.33 bits per heavy atom. The Balaban J connectivity index is 2.07. The highest BCUT2D eigenvalue weighted by molar-refractivity contribution is 14.1. The summed E-state index contributed by atoms with van der Waals surface area (Å²) >= 11 is 10.4. The van der Waals surface area contributed by atoms with Crippen LogP contribution < -0.4 is 0 Å². The SMILES string of the molecule is CC(C)c1nc(CSC2CCCC2)nc(Cl)c1I. The van der Waals surface area contributed by atoms with Gasteiger partial charge in [-0.05, 0) is 41.4 Å². The molecule has 0 bridgehead atoms. The lowest BCUT2D eigenvalue weighted by Crippen LogP contribution is -2.05. The minimum absolute atomic E-state index is 0.396. The van der Waals surface area contributed by atoms with Gasteiger partial charge in [-0.1, -0.05) is 38.3 Å². The number of halogens is 2. The molecule has 0 aromatic carbocycles. The molecule has 1 fully saturated rings. The molecule has 0 atom stereocenters. The van der Waals surface area contributed by atoms with Gasteiger partial charge >= 0.3 is 0 Å². The summed E-state index contributed by atoms with van der Waals surface area (Å²) in [6, 6.07) is 0. The standard InChI is InChI=1S/C13H18ClIN2S/c1-8(2)12-11(15)13(14)17-10(16-12)7-18-9-5-3-4-6-9/h8-9H,3-7H2,1-2H3. The van der Waals surface area contributed by atoms with Crippen molar-refractivity contribution in [3.8, 4) is 0 Å². The lowest BCUT2D eigenvalue weighted by atomic mass is 10.1. The molecule has 5 heteroatoms. The van der Waals surface area contributed by atoms with Gasteiger partial charge in [0, 0.05) is 5.25 Å². The molecule has 0 radical (unpaired) electrons. The van der Waals surface area contributed by atoms with Crippen molar-refractivity contribution in [1.29, 1.82) is 0 Å². The molecule has 100 valence electrons. The summed E-state index contributed by atoms with van der Waals surface area (Å²) in [4.78, 5) is 9.07. The van der Waals surface area contributed by atoms with Gasteiger partial charge in [0.05, 0.1) is 15.0 Å². The van der Waals surface area contributed by atoms with Crippen molar-refractivity contribution in [2.24, 2.45) is 0 Å². The van der Waals surface area contributed by atoms with Crippen LogP contribution in [0.5, 0.6) is 0 Å². The second-order valence-corrected chi connectivity index (χ2v) is 7.73. The first-order chi connectivity index (χ1) is 8.58. The zero-order valence-corrected chi connectivity index (χ0v) is 14.5. The normalized spacial score (nSPS) is 16.7. The van der Waals surface area contributed by atoms with Crippen LogP contribution in [0.15, 0.2) is 0 Å². The Morgan fingerprint density at radius 3 is 2.61 bits per heavy atom. The highest BCUT2D eigenvalue weighted by Gasteiger charge is 2.18. The van der Waals surface area contributed by atoms with E-state index >= 15 is 0 Å². The van der Waals surface area contributed by atoms with Gasteiger partial charge in [0.15, 0.2) is 0 Å². The monoisotopic (exact) mass is 396 g/mol. The van der Waals surface area contributed by atoms with E-state index < -0.39 is 0 Å². The lowest BCUT2D eigenvalue weighted by Gasteiger charge is -2.12. The minimum Gasteiger partial charge on any atom is -0.236 e. The maximum absolute atomic E-state index is 6.19. The van der Waals surface area contributed by atoms with Crippen molar-refractivity contribution in [3.05, 3.63) is 20.2 Å². The van der Waals surface area contributed by atoms with Crippen LogP contribution in [0.25, 0.3) is 0 Å². The van der Waals surface area contributed by atoms with E-state index in [1.165, 1.54) is 25.7 Å². The van der Waals surface area contributed by atoms with Crippen LogP contribution in [0.2, 0.25) is 5.15 Å². The molecule has 1 aromatic heterocycles. The molecule has 0 aliphatic heterocycles. The number of aromatic nitrogens is 2. The predicted octanol–water partition coefficient (Wildman–Crippen LogP) is 5.03. The van der Waals surface area contributed by atoms with Crippen molar-refractivity contribution in [3.63, 3.8) is 0 Å². The van der Waals surface area contributed by atoms with Gasteiger partial charge < -0.3 is 0 Å². The van der Waals surface area contributed by atoms with Crippen LogP contribution in [-0.4, -0.2) is 15.2 Å². The molecule has 0 unspecified atom stereocenters. The summed E-state index contributed by atoms with van der Waals surface area (Å²) in [6.45, 7) is 4.30. The molecule has 1 aliphatic rings. The number of hydrogen-bond acceptors (Lipinski definition) is 3. The van der Waals surface area contributed by atoms with E-state index in [9.17, 15) is 0 Å². The molecule has 0 N–H and O–H groups in total. The average Bonchev–Trinajstić information content (AvgIpc) is 2.83. The second-order valence-electron chi connectivity index (χ2n) is 5.00. The summed E-state index contributed by atoms with van der Waals surface area (Å²) in [5, 5.41) is 1.41. The lowest BCUT2D eigenvalue weighted by molar-refractivity contribution is 0.789. The van der Waals surface area contributed by atoms with E-state index in [0.717, 1.165) is 26.1 Å². The van der Waals surface area contributed by atoms with Crippen LogP contribution in [-0.2, 0) is 5.75 Å². The molecule has 1 aromatic rings. The third kappa shape index (κ3) is 3.73. The Morgan fingerprint density at radius 2 is 2.00 bits per heavy atom. The van der Waals surface area contributed by atoms with Crippen molar-refractivity contribution < 1.29 is 0 Å². The smallest absolute Gasteiger partial charge is 0.146 e. The topological polar surface area (TPSA) is 25.8 Å². The Hall–Kier alpha value is 0.450. The molecule has 2 nitrogen and oxygen atoms in total. The molecule has 18 heavy (non-hydrogen) atoms. The van der Waals surface area contributed by atoms with Gasteiger partial charge in [0.1, 0.15) is 11.0 Å². The molecule has 0 saturated heterocycles. The highest BCUT2D eigenvalue weighted by Crippen LogP contribution is 2.32. The van der Waals surface area contributed by atoms with E-state index in [0.29, 0.717) is 11.1 Å². The first-order valence-corrected chi connectivity index (χ1v) is 8.92. The van der Waals surface area contributed by atoms with Gasteiger partial charge in [-0.3, -0.25) is 0 Å². The van der Waals surface area contributed by atoms with E-state index in [1.54, 1.807) is 0 Å². The molecule has 0 spiro atoms. The maximum Gasteiger partial charge on any atom is 0.146 e. The highest BCUT2D eigenvalue weighted by atomic mass is 127. The Bertz CT molecular complexity index is 420. The van der Waals surface area contributed by atoms with E-state index in [1.807, 2.05) is 11.8 Å². The summed E-state index contributed by atoms with van der Waals surface area (Å²) in [7, 11) is 0. The van der Waals surface area contributed by atoms with Gasteiger partial charge in [-0.25, -0.2) is 9.97 Å². The average molecular weight is 397 g/mol. The fourth-order valence-electron chi connectivity index (χ4n) is 2.18.